The fourth-order valence-electron chi connectivity index (χ4n) is 4.55. The van der Waals surface area contributed by atoms with Crippen LogP contribution in [-0.4, -0.2) is 21.0 Å². The molecule has 1 aromatic heterocycles. The molecule has 0 atom stereocenters. The highest BCUT2D eigenvalue weighted by Gasteiger charge is 2.22. The monoisotopic (exact) mass is 581 g/mol. The van der Waals surface area contributed by atoms with Gasteiger partial charge in [0.1, 0.15) is 11.6 Å². The van der Waals surface area contributed by atoms with Crippen molar-refractivity contribution in [2.24, 2.45) is 0 Å². The molecular formula is C31H34BrClFN3. The number of unbranched alkanes of at least 4 members (excludes halogenated alkanes) is 2. The van der Waals surface area contributed by atoms with Crippen molar-refractivity contribution in [3.8, 4) is 22.6 Å². The molecule has 0 aliphatic heterocycles. The minimum absolute atomic E-state index is 0.237. The molecule has 0 aliphatic carbocycles. The summed E-state index contributed by atoms with van der Waals surface area (Å²) in [4.78, 5) is 7.69. The van der Waals surface area contributed by atoms with Gasteiger partial charge in [0, 0.05) is 35.8 Å². The van der Waals surface area contributed by atoms with Crippen molar-refractivity contribution in [3.63, 3.8) is 0 Å². The van der Waals surface area contributed by atoms with Crippen molar-refractivity contribution in [1.29, 1.82) is 0 Å². The van der Waals surface area contributed by atoms with Crippen LogP contribution in [0.15, 0.2) is 77.3 Å². The summed E-state index contributed by atoms with van der Waals surface area (Å²) in [6, 6.07) is 23.7. The molecule has 194 valence electrons. The molecule has 3 aromatic carbocycles. The Morgan fingerprint density at radius 3 is 2.30 bits per heavy atom. The molecule has 0 spiro atoms. The van der Waals surface area contributed by atoms with E-state index in [9.17, 15) is 4.39 Å². The predicted octanol–water partition coefficient (Wildman–Crippen LogP) is 9.37. The summed E-state index contributed by atoms with van der Waals surface area (Å²) in [6.45, 7) is 7.77. The van der Waals surface area contributed by atoms with Crippen LogP contribution >= 0.6 is 27.5 Å². The molecule has 4 aromatic rings. The minimum Gasteiger partial charge on any atom is -0.326 e. The second kappa shape index (κ2) is 13.4. The quantitative estimate of drug-likeness (QED) is 0.166. The average Bonchev–Trinajstić information content (AvgIpc) is 3.26. The molecule has 0 unspecified atom stereocenters. The van der Waals surface area contributed by atoms with Crippen molar-refractivity contribution in [1.82, 2.24) is 14.5 Å². The van der Waals surface area contributed by atoms with Gasteiger partial charge in [-0.3, -0.25) is 4.90 Å². The summed E-state index contributed by atoms with van der Waals surface area (Å²) in [5, 5.41) is 0.713. The van der Waals surface area contributed by atoms with E-state index in [1.54, 1.807) is 0 Å². The van der Waals surface area contributed by atoms with E-state index in [1.165, 1.54) is 11.8 Å². The molecule has 0 saturated heterocycles. The van der Waals surface area contributed by atoms with Crippen molar-refractivity contribution in [3.05, 3.63) is 99.4 Å². The van der Waals surface area contributed by atoms with E-state index >= 15 is 0 Å². The number of rotatable bonds is 12. The molecule has 1 heterocycles. The lowest BCUT2D eigenvalue weighted by Gasteiger charge is -2.24. The van der Waals surface area contributed by atoms with Crippen LogP contribution < -0.4 is 0 Å². The van der Waals surface area contributed by atoms with Crippen molar-refractivity contribution < 1.29 is 4.39 Å². The lowest BCUT2D eigenvalue weighted by molar-refractivity contribution is 0.246. The predicted molar refractivity (Wildman–Crippen MR) is 156 cm³/mol. The molecule has 0 N–H and O–H groups in total. The van der Waals surface area contributed by atoms with E-state index in [1.807, 2.05) is 30.3 Å². The molecule has 37 heavy (non-hydrogen) atoms. The molecule has 0 amide bonds. The maximum Gasteiger partial charge on any atom is 0.140 e. The van der Waals surface area contributed by atoms with Gasteiger partial charge in [-0.1, -0.05) is 86.8 Å². The summed E-state index contributed by atoms with van der Waals surface area (Å²) in [5.74, 6) is 0.757. The average molecular weight is 583 g/mol. The van der Waals surface area contributed by atoms with Crippen molar-refractivity contribution in [2.45, 2.75) is 59.2 Å². The maximum atomic E-state index is 13.9. The highest BCUT2D eigenvalue weighted by molar-refractivity contribution is 9.10. The van der Waals surface area contributed by atoms with E-state index < -0.39 is 0 Å². The molecule has 0 aliphatic rings. The standard InChI is InChI=1S/C31H34BrClFN3/c1-3-5-18-36(21-23-12-17-28(34)27(32)20-23)22-29-30(24-13-15-26(33)16-14-24)35-31(37(29)19-6-4-2)25-10-8-7-9-11-25/h7-17,20H,3-6,18-19,21-22H2,1-2H3. The van der Waals surface area contributed by atoms with Gasteiger partial charge in [0.15, 0.2) is 0 Å². The third-order valence-electron chi connectivity index (χ3n) is 6.55. The van der Waals surface area contributed by atoms with Gasteiger partial charge < -0.3 is 4.57 Å². The van der Waals surface area contributed by atoms with E-state index in [4.69, 9.17) is 16.6 Å². The Bertz CT molecular complexity index is 1290. The van der Waals surface area contributed by atoms with E-state index in [2.05, 4.69) is 75.6 Å². The van der Waals surface area contributed by atoms with Crippen LogP contribution in [0.1, 0.15) is 50.8 Å². The Kier molecular flexibility index (Phi) is 9.95. The van der Waals surface area contributed by atoms with Gasteiger partial charge in [-0.25, -0.2) is 9.37 Å². The molecule has 0 fully saturated rings. The van der Waals surface area contributed by atoms with Crippen molar-refractivity contribution in [2.75, 3.05) is 6.54 Å². The number of halogens is 3. The smallest absolute Gasteiger partial charge is 0.140 e. The second-order valence-corrected chi connectivity index (χ2v) is 10.7. The van der Waals surface area contributed by atoms with Gasteiger partial charge in [-0.15, -0.1) is 0 Å². The summed E-state index contributed by atoms with van der Waals surface area (Å²) in [7, 11) is 0. The third kappa shape index (κ3) is 7.10. The van der Waals surface area contributed by atoms with Gasteiger partial charge in [-0.05, 0) is 65.1 Å². The number of nitrogens with zero attached hydrogens (tertiary/aromatic N) is 3. The highest BCUT2D eigenvalue weighted by Crippen LogP contribution is 2.32. The van der Waals surface area contributed by atoms with Gasteiger partial charge in [0.05, 0.1) is 15.9 Å². The van der Waals surface area contributed by atoms with E-state index in [0.717, 1.165) is 80.1 Å². The van der Waals surface area contributed by atoms with Crippen LogP contribution in [-0.2, 0) is 19.6 Å². The number of imidazole rings is 1. The summed E-state index contributed by atoms with van der Waals surface area (Å²) < 4.78 is 16.8. The number of aromatic nitrogens is 2. The number of hydrogen-bond acceptors (Lipinski definition) is 2. The molecular weight excluding hydrogens is 549 g/mol. The zero-order valence-electron chi connectivity index (χ0n) is 21.6. The van der Waals surface area contributed by atoms with Crippen LogP contribution in [0, 0.1) is 5.82 Å². The zero-order valence-corrected chi connectivity index (χ0v) is 23.9. The first-order valence-corrected chi connectivity index (χ1v) is 14.2. The highest BCUT2D eigenvalue weighted by atomic mass is 79.9. The van der Waals surface area contributed by atoms with Crippen LogP contribution in [0.5, 0.6) is 0 Å². The Hall–Kier alpha value is -2.47. The first-order chi connectivity index (χ1) is 18.0. The number of benzene rings is 3. The summed E-state index contributed by atoms with van der Waals surface area (Å²) in [6.07, 6.45) is 4.37. The van der Waals surface area contributed by atoms with Crippen LogP contribution in [0.25, 0.3) is 22.6 Å². The van der Waals surface area contributed by atoms with Crippen LogP contribution in [0.3, 0.4) is 0 Å². The topological polar surface area (TPSA) is 21.1 Å². The maximum absolute atomic E-state index is 13.9. The van der Waals surface area contributed by atoms with Crippen LogP contribution in [0.4, 0.5) is 4.39 Å². The third-order valence-corrected chi connectivity index (χ3v) is 7.41. The summed E-state index contributed by atoms with van der Waals surface area (Å²) >= 11 is 9.59. The molecule has 4 rings (SSSR count). The Morgan fingerprint density at radius 1 is 0.892 bits per heavy atom. The first kappa shape index (κ1) is 27.6. The molecule has 6 heteroatoms. The molecule has 0 radical (unpaired) electrons. The van der Waals surface area contributed by atoms with Crippen LogP contribution in [0.2, 0.25) is 5.02 Å². The SMILES string of the molecule is CCCCN(Cc1ccc(F)c(Br)c1)Cc1c(-c2ccc(Cl)cc2)nc(-c2ccccc2)n1CCCC. The van der Waals surface area contributed by atoms with E-state index in [0.29, 0.717) is 9.50 Å². The number of hydrogen-bond donors (Lipinski definition) is 0. The zero-order chi connectivity index (χ0) is 26.2. The lowest BCUT2D eigenvalue weighted by Crippen LogP contribution is -2.26. The van der Waals surface area contributed by atoms with Crippen molar-refractivity contribution >= 4 is 27.5 Å². The minimum atomic E-state index is -0.237. The summed E-state index contributed by atoms with van der Waals surface area (Å²) in [5.41, 5.74) is 5.45. The van der Waals surface area contributed by atoms with E-state index in [-0.39, 0.29) is 5.82 Å². The molecule has 3 nitrogen and oxygen atoms in total. The Labute approximate surface area is 233 Å². The largest absolute Gasteiger partial charge is 0.326 e. The second-order valence-electron chi connectivity index (χ2n) is 9.42. The van der Waals surface area contributed by atoms with Gasteiger partial charge in [-0.2, -0.15) is 0 Å². The lowest BCUT2D eigenvalue weighted by atomic mass is 10.1. The van der Waals surface area contributed by atoms with Gasteiger partial charge >= 0.3 is 0 Å². The molecule has 0 bridgehead atoms. The fraction of sp³-hybridized carbons (Fsp3) is 0.323. The van der Waals surface area contributed by atoms with Gasteiger partial charge in [0.2, 0.25) is 0 Å². The molecule has 0 saturated carbocycles. The Morgan fingerprint density at radius 2 is 1.62 bits per heavy atom. The fourth-order valence-corrected chi connectivity index (χ4v) is 5.11. The normalized spacial score (nSPS) is 11.4. The van der Waals surface area contributed by atoms with Gasteiger partial charge in [0.25, 0.3) is 0 Å². The first-order valence-electron chi connectivity index (χ1n) is 13.1. The Balaban J connectivity index is 1.80.